The zero-order valence-corrected chi connectivity index (χ0v) is 18.3. The minimum Gasteiger partial charge on any atom is -0.490 e. The lowest BCUT2D eigenvalue weighted by Gasteiger charge is -2.17. The Morgan fingerprint density at radius 3 is 2.17 bits per heavy atom. The van der Waals surface area contributed by atoms with Gasteiger partial charge in [0.05, 0.1) is 24.5 Å². The summed E-state index contributed by atoms with van der Waals surface area (Å²) in [5, 5.41) is 3.19. The second-order valence-electron chi connectivity index (χ2n) is 7.48. The number of hydrogen-bond donors (Lipinski definition) is 1. The molecule has 0 fully saturated rings. The molecular formula is C25H29NO4. The van der Waals surface area contributed by atoms with Gasteiger partial charge in [-0.15, -0.1) is 0 Å². The van der Waals surface area contributed by atoms with E-state index in [1.165, 1.54) is 5.56 Å². The predicted octanol–water partition coefficient (Wildman–Crippen LogP) is 4.33. The van der Waals surface area contributed by atoms with Gasteiger partial charge in [-0.3, -0.25) is 9.59 Å². The van der Waals surface area contributed by atoms with Crippen LogP contribution in [-0.4, -0.2) is 19.8 Å². The highest BCUT2D eigenvalue weighted by atomic mass is 16.5. The third kappa shape index (κ3) is 4.25. The topological polar surface area (TPSA) is 64.6 Å². The fourth-order valence-corrected chi connectivity index (χ4v) is 3.63. The van der Waals surface area contributed by atoms with E-state index in [1.807, 2.05) is 58.9 Å². The molecule has 0 amide bonds. The molecule has 0 radical (unpaired) electrons. The summed E-state index contributed by atoms with van der Waals surface area (Å²) >= 11 is 0. The average Bonchev–Trinajstić information content (AvgIpc) is 2.72. The van der Waals surface area contributed by atoms with Gasteiger partial charge in [0.2, 0.25) is 10.9 Å². The van der Waals surface area contributed by atoms with Crippen molar-refractivity contribution in [1.82, 2.24) is 0 Å². The van der Waals surface area contributed by atoms with Gasteiger partial charge in [0.15, 0.2) is 11.5 Å². The SMILES string of the molecule is CCOc1ccc(CCNc2c(-c3cc(C)c(C)cc3C)c(=O)c2=O)cc1OCC. The molecular weight excluding hydrogens is 378 g/mol. The molecule has 0 aliphatic rings. The van der Waals surface area contributed by atoms with E-state index < -0.39 is 10.9 Å². The minimum atomic E-state index is -0.440. The first kappa shape index (κ1) is 21.6. The van der Waals surface area contributed by atoms with E-state index in [-0.39, 0.29) is 0 Å². The van der Waals surface area contributed by atoms with Crippen molar-refractivity contribution in [3.63, 3.8) is 0 Å². The number of aryl methyl sites for hydroxylation is 3. The van der Waals surface area contributed by atoms with Crippen LogP contribution in [0.3, 0.4) is 0 Å². The van der Waals surface area contributed by atoms with Crippen molar-refractivity contribution in [2.24, 2.45) is 0 Å². The van der Waals surface area contributed by atoms with Crippen LogP contribution in [0.2, 0.25) is 0 Å². The summed E-state index contributed by atoms with van der Waals surface area (Å²) in [6, 6.07) is 9.91. The van der Waals surface area contributed by atoms with Crippen LogP contribution in [0.15, 0.2) is 39.9 Å². The summed E-state index contributed by atoms with van der Waals surface area (Å²) in [5.74, 6) is 1.45. The first-order chi connectivity index (χ1) is 14.4. The molecule has 0 saturated heterocycles. The smallest absolute Gasteiger partial charge is 0.250 e. The molecule has 5 nitrogen and oxygen atoms in total. The average molecular weight is 408 g/mol. The Bertz CT molecular complexity index is 1120. The number of anilines is 1. The van der Waals surface area contributed by atoms with Gasteiger partial charge >= 0.3 is 0 Å². The van der Waals surface area contributed by atoms with Crippen LogP contribution in [0.5, 0.6) is 11.5 Å². The number of rotatable bonds is 9. The Morgan fingerprint density at radius 1 is 0.800 bits per heavy atom. The first-order valence-corrected chi connectivity index (χ1v) is 10.4. The highest BCUT2D eigenvalue weighted by Crippen LogP contribution is 2.30. The molecule has 0 heterocycles. The van der Waals surface area contributed by atoms with E-state index in [9.17, 15) is 9.59 Å². The Morgan fingerprint density at radius 2 is 1.47 bits per heavy atom. The van der Waals surface area contributed by atoms with Crippen LogP contribution in [0, 0.1) is 20.8 Å². The van der Waals surface area contributed by atoms with Gasteiger partial charge in [-0.1, -0.05) is 18.2 Å². The van der Waals surface area contributed by atoms with Crippen LogP contribution in [0.4, 0.5) is 5.69 Å². The largest absolute Gasteiger partial charge is 0.490 e. The summed E-state index contributed by atoms with van der Waals surface area (Å²) in [4.78, 5) is 24.5. The van der Waals surface area contributed by atoms with E-state index in [2.05, 4.69) is 11.4 Å². The second-order valence-corrected chi connectivity index (χ2v) is 7.48. The molecule has 3 aromatic rings. The highest BCUT2D eigenvalue weighted by molar-refractivity contribution is 5.84. The fourth-order valence-electron chi connectivity index (χ4n) is 3.63. The van der Waals surface area contributed by atoms with E-state index in [1.54, 1.807) is 0 Å². The third-order valence-corrected chi connectivity index (χ3v) is 5.34. The van der Waals surface area contributed by atoms with Crippen molar-refractivity contribution in [1.29, 1.82) is 0 Å². The van der Waals surface area contributed by atoms with Gasteiger partial charge in [0, 0.05) is 6.54 Å². The second kappa shape index (κ2) is 9.16. The van der Waals surface area contributed by atoms with E-state index in [0.717, 1.165) is 33.8 Å². The van der Waals surface area contributed by atoms with Gasteiger partial charge < -0.3 is 14.8 Å². The van der Waals surface area contributed by atoms with Crippen LogP contribution in [0.25, 0.3) is 11.1 Å². The van der Waals surface area contributed by atoms with Crippen molar-refractivity contribution in [2.75, 3.05) is 25.1 Å². The molecule has 0 aromatic heterocycles. The maximum atomic E-state index is 12.3. The van der Waals surface area contributed by atoms with Crippen LogP contribution >= 0.6 is 0 Å². The standard InChI is InChI=1S/C25H29NO4/c1-6-29-20-9-8-18(14-21(20)30-7-2)10-11-26-23-22(24(27)25(23)28)19-13-16(4)15(3)12-17(19)5/h8-9,12-14,26H,6-7,10-11H2,1-5H3. The van der Waals surface area contributed by atoms with Crippen molar-refractivity contribution in [3.05, 3.63) is 73.0 Å². The fraction of sp³-hybridized carbons (Fsp3) is 0.360. The number of hydrogen-bond acceptors (Lipinski definition) is 5. The summed E-state index contributed by atoms with van der Waals surface area (Å²) < 4.78 is 11.3. The molecule has 0 saturated carbocycles. The zero-order chi connectivity index (χ0) is 21.8. The van der Waals surface area contributed by atoms with Crippen LogP contribution < -0.4 is 25.6 Å². The molecule has 30 heavy (non-hydrogen) atoms. The van der Waals surface area contributed by atoms with E-state index in [0.29, 0.717) is 37.4 Å². The molecule has 1 N–H and O–H groups in total. The van der Waals surface area contributed by atoms with Crippen molar-refractivity contribution >= 4 is 5.69 Å². The van der Waals surface area contributed by atoms with Gasteiger partial charge in [0.25, 0.3) is 0 Å². The molecule has 0 bridgehead atoms. The lowest BCUT2D eigenvalue weighted by Crippen LogP contribution is -2.36. The molecule has 5 heteroatoms. The quantitative estimate of drug-likeness (QED) is 0.535. The van der Waals surface area contributed by atoms with Gasteiger partial charge in [-0.25, -0.2) is 0 Å². The van der Waals surface area contributed by atoms with Crippen molar-refractivity contribution < 1.29 is 9.47 Å². The zero-order valence-electron chi connectivity index (χ0n) is 18.3. The van der Waals surface area contributed by atoms with Crippen LogP contribution in [0.1, 0.15) is 36.1 Å². The molecule has 158 valence electrons. The highest BCUT2D eigenvalue weighted by Gasteiger charge is 2.23. The van der Waals surface area contributed by atoms with Crippen LogP contribution in [-0.2, 0) is 6.42 Å². The Labute approximate surface area is 177 Å². The number of nitrogens with one attached hydrogen (secondary N) is 1. The van der Waals surface area contributed by atoms with Gasteiger partial charge in [-0.05, 0) is 81.0 Å². The lowest BCUT2D eigenvalue weighted by atomic mass is 9.91. The summed E-state index contributed by atoms with van der Waals surface area (Å²) in [5.41, 5.74) is 5.25. The Balaban J connectivity index is 1.76. The first-order valence-electron chi connectivity index (χ1n) is 10.4. The normalized spacial score (nSPS) is 11.0. The maximum absolute atomic E-state index is 12.3. The maximum Gasteiger partial charge on any atom is 0.250 e. The van der Waals surface area contributed by atoms with E-state index in [4.69, 9.17) is 9.47 Å². The molecule has 3 aromatic carbocycles. The Kier molecular flexibility index (Phi) is 6.60. The lowest BCUT2D eigenvalue weighted by molar-refractivity contribution is 0.287. The molecule has 0 aliphatic carbocycles. The van der Waals surface area contributed by atoms with Gasteiger partial charge in [-0.2, -0.15) is 0 Å². The van der Waals surface area contributed by atoms with Crippen molar-refractivity contribution in [3.8, 4) is 22.6 Å². The van der Waals surface area contributed by atoms with Crippen molar-refractivity contribution in [2.45, 2.75) is 41.0 Å². The minimum absolute atomic E-state index is 0.413. The van der Waals surface area contributed by atoms with Gasteiger partial charge in [0.1, 0.15) is 0 Å². The molecule has 0 aliphatic heterocycles. The molecule has 3 rings (SSSR count). The molecule has 0 unspecified atom stereocenters. The molecule has 0 spiro atoms. The number of ether oxygens (including phenoxy) is 2. The number of benzene rings is 2. The summed E-state index contributed by atoms with van der Waals surface area (Å²) in [7, 11) is 0. The predicted molar refractivity (Wildman–Crippen MR) is 122 cm³/mol. The summed E-state index contributed by atoms with van der Waals surface area (Å²) in [6.45, 7) is 11.6. The molecule has 0 atom stereocenters. The monoisotopic (exact) mass is 407 g/mol. The van der Waals surface area contributed by atoms with E-state index >= 15 is 0 Å². The summed E-state index contributed by atoms with van der Waals surface area (Å²) in [6.07, 6.45) is 0.691. The third-order valence-electron chi connectivity index (χ3n) is 5.34. The Hall–Kier alpha value is -3.08.